The van der Waals surface area contributed by atoms with Crippen LogP contribution in [0, 0.1) is 0 Å². The normalized spacial score (nSPS) is 15.8. The monoisotopic (exact) mass is 317 g/mol. The molecule has 0 saturated heterocycles. The Labute approximate surface area is 111 Å². The maximum Gasteiger partial charge on any atom is 0.423 e. The number of carbonyl (C=O) groups is 1. The molecule has 1 rings (SSSR count). The lowest BCUT2D eigenvalue weighted by molar-refractivity contribution is -0.210. The summed E-state index contributed by atoms with van der Waals surface area (Å²) in [6, 6.07) is 2.28. The molecular formula is C9H10F3NO4S2. The zero-order valence-electron chi connectivity index (χ0n) is 9.82. The highest BCUT2D eigenvalue weighted by atomic mass is 32.2. The number of halogens is 3. The second-order valence-electron chi connectivity index (χ2n) is 3.59. The first-order valence-electron chi connectivity index (χ1n) is 4.72. The van der Waals surface area contributed by atoms with Gasteiger partial charge in [-0.3, -0.25) is 0 Å². The lowest BCUT2D eigenvalue weighted by Crippen LogP contribution is -2.61. The molecular weight excluding hydrogens is 307 g/mol. The van der Waals surface area contributed by atoms with E-state index < -0.39 is 32.6 Å². The summed E-state index contributed by atoms with van der Waals surface area (Å²) in [6.07, 6.45) is -4.65. The van der Waals surface area contributed by atoms with Gasteiger partial charge in [-0.05, 0) is 11.4 Å². The number of methoxy groups -OCH3 is 1. The molecule has 19 heavy (non-hydrogen) atoms. The van der Waals surface area contributed by atoms with Gasteiger partial charge in [0.15, 0.2) is 0 Å². The van der Waals surface area contributed by atoms with E-state index in [1.807, 2.05) is 0 Å². The van der Waals surface area contributed by atoms with E-state index in [0.717, 1.165) is 13.2 Å². The van der Waals surface area contributed by atoms with Crippen molar-refractivity contribution in [3.05, 3.63) is 22.4 Å². The first-order chi connectivity index (χ1) is 8.54. The topological polar surface area (TPSA) is 72.5 Å². The number of nitrogens with one attached hydrogen (secondary N) is 1. The quantitative estimate of drug-likeness (QED) is 0.848. The minimum Gasteiger partial charge on any atom is -0.467 e. The smallest absolute Gasteiger partial charge is 0.423 e. The first-order valence-corrected chi connectivity index (χ1v) is 7.50. The Morgan fingerprint density at radius 1 is 1.42 bits per heavy atom. The zero-order chi connectivity index (χ0) is 14.9. The van der Waals surface area contributed by atoms with Crippen molar-refractivity contribution in [2.45, 2.75) is 11.7 Å². The van der Waals surface area contributed by atoms with Crippen molar-refractivity contribution in [3.63, 3.8) is 0 Å². The molecule has 1 heterocycles. The van der Waals surface area contributed by atoms with Gasteiger partial charge in [-0.2, -0.15) is 17.9 Å². The largest absolute Gasteiger partial charge is 0.467 e. The highest BCUT2D eigenvalue weighted by molar-refractivity contribution is 7.88. The van der Waals surface area contributed by atoms with Crippen LogP contribution in [-0.4, -0.2) is 33.9 Å². The molecule has 0 unspecified atom stereocenters. The maximum absolute atomic E-state index is 13.3. The third-order valence-corrected chi connectivity index (χ3v) is 3.81. The molecule has 0 spiro atoms. The molecule has 0 aliphatic rings. The Morgan fingerprint density at radius 2 is 2.00 bits per heavy atom. The summed E-state index contributed by atoms with van der Waals surface area (Å²) in [5, 5.41) is 1.29. The molecule has 0 aliphatic heterocycles. The fourth-order valence-corrected chi connectivity index (χ4v) is 3.25. The van der Waals surface area contributed by atoms with E-state index in [-0.39, 0.29) is 0 Å². The van der Waals surface area contributed by atoms with Crippen molar-refractivity contribution in [1.29, 1.82) is 0 Å². The van der Waals surface area contributed by atoms with E-state index in [2.05, 4.69) is 4.74 Å². The van der Waals surface area contributed by atoms with Gasteiger partial charge >= 0.3 is 12.1 Å². The van der Waals surface area contributed by atoms with E-state index in [0.29, 0.717) is 17.6 Å². The lowest BCUT2D eigenvalue weighted by Gasteiger charge is -2.31. The molecule has 10 heteroatoms. The maximum atomic E-state index is 13.3. The Kier molecular flexibility index (Phi) is 4.27. The first kappa shape index (κ1) is 15.9. The van der Waals surface area contributed by atoms with Crippen LogP contribution in [0.15, 0.2) is 17.5 Å². The summed E-state index contributed by atoms with van der Waals surface area (Å²) in [6.45, 7) is 0. The Bertz CT molecular complexity index is 553. The molecule has 0 aliphatic carbocycles. The van der Waals surface area contributed by atoms with E-state index in [9.17, 15) is 26.4 Å². The predicted molar refractivity (Wildman–Crippen MR) is 62.0 cm³/mol. The third kappa shape index (κ3) is 3.07. The molecule has 0 radical (unpaired) electrons. The molecule has 0 fully saturated rings. The van der Waals surface area contributed by atoms with Crippen molar-refractivity contribution in [1.82, 2.24) is 4.72 Å². The predicted octanol–water partition coefficient (Wildman–Crippen LogP) is 1.23. The average Bonchev–Trinajstić information content (AvgIpc) is 2.75. The van der Waals surface area contributed by atoms with Crippen LogP contribution in [-0.2, 0) is 25.1 Å². The number of thiophene rings is 1. The van der Waals surface area contributed by atoms with Crippen LogP contribution in [0.5, 0.6) is 0 Å². The van der Waals surface area contributed by atoms with Crippen LogP contribution < -0.4 is 4.72 Å². The fourth-order valence-electron chi connectivity index (χ4n) is 1.43. The molecule has 1 atom stereocenters. The number of hydrogen-bond donors (Lipinski definition) is 1. The summed E-state index contributed by atoms with van der Waals surface area (Å²) in [4.78, 5) is 11.1. The van der Waals surface area contributed by atoms with Crippen LogP contribution in [0.4, 0.5) is 13.2 Å². The molecule has 0 amide bonds. The van der Waals surface area contributed by atoms with E-state index in [1.165, 1.54) is 16.2 Å². The average molecular weight is 317 g/mol. The SMILES string of the molecule is COC(=O)[C@](NS(C)(=O)=O)(c1cccs1)C(F)(F)F. The Hall–Kier alpha value is -1.13. The molecule has 0 saturated carbocycles. The van der Waals surface area contributed by atoms with E-state index in [4.69, 9.17) is 0 Å². The highest BCUT2D eigenvalue weighted by Gasteiger charge is 2.65. The van der Waals surface area contributed by atoms with Crippen molar-refractivity contribution < 1.29 is 31.1 Å². The minimum atomic E-state index is -5.19. The van der Waals surface area contributed by atoms with Gasteiger partial charge in [-0.25, -0.2) is 13.2 Å². The van der Waals surface area contributed by atoms with Crippen LogP contribution >= 0.6 is 11.3 Å². The van der Waals surface area contributed by atoms with Gasteiger partial charge in [0.2, 0.25) is 10.0 Å². The number of carbonyl (C=O) groups excluding carboxylic acids is 1. The molecule has 1 N–H and O–H groups in total. The van der Waals surface area contributed by atoms with Gasteiger partial charge < -0.3 is 4.74 Å². The van der Waals surface area contributed by atoms with E-state index >= 15 is 0 Å². The molecule has 0 aromatic carbocycles. The number of ether oxygens (including phenoxy) is 1. The van der Waals surface area contributed by atoms with Gasteiger partial charge in [0.1, 0.15) is 0 Å². The number of hydrogen-bond acceptors (Lipinski definition) is 5. The highest BCUT2D eigenvalue weighted by Crippen LogP contribution is 2.42. The number of alkyl halides is 3. The summed E-state index contributed by atoms with van der Waals surface area (Å²) in [5.74, 6) is -1.74. The Morgan fingerprint density at radius 3 is 2.32 bits per heavy atom. The number of esters is 1. The van der Waals surface area contributed by atoms with Gasteiger partial charge in [-0.1, -0.05) is 6.07 Å². The standard InChI is InChI=1S/C9H10F3NO4S2/c1-17-7(14)8(9(10,11)12,13-19(2,15)16)6-4-3-5-18-6/h3-5,13H,1-2H3/t8-/m1/s1. The lowest BCUT2D eigenvalue weighted by atomic mass is 9.98. The Balaban J connectivity index is 3.57. The van der Waals surface area contributed by atoms with Crippen molar-refractivity contribution >= 4 is 27.3 Å². The van der Waals surface area contributed by atoms with Crippen molar-refractivity contribution in [2.75, 3.05) is 13.4 Å². The van der Waals surface area contributed by atoms with Crippen LogP contribution in [0.2, 0.25) is 0 Å². The van der Waals surface area contributed by atoms with Gasteiger partial charge in [0, 0.05) is 4.88 Å². The van der Waals surface area contributed by atoms with Crippen molar-refractivity contribution in [3.8, 4) is 0 Å². The molecule has 1 aromatic heterocycles. The number of rotatable bonds is 4. The van der Waals surface area contributed by atoms with Crippen LogP contribution in [0.25, 0.3) is 0 Å². The van der Waals surface area contributed by atoms with Crippen LogP contribution in [0.1, 0.15) is 4.88 Å². The third-order valence-electron chi connectivity index (χ3n) is 2.15. The second-order valence-corrected chi connectivity index (χ2v) is 6.29. The molecule has 0 bridgehead atoms. The fraction of sp³-hybridized carbons (Fsp3) is 0.444. The van der Waals surface area contributed by atoms with Gasteiger partial charge in [-0.15, -0.1) is 11.3 Å². The molecule has 5 nitrogen and oxygen atoms in total. The molecule has 1 aromatic rings. The van der Waals surface area contributed by atoms with Gasteiger partial charge in [0.05, 0.1) is 13.4 Å². The minimum absolute atomic E-state index is 0.516. The van der Waals surface area contributed by atoms with E-state index in [1.54, 1.807) is 0 Å². The zero-order valence-corrected chi connectivity index (χ0v) is 11.4. The summed E-state index contributed by atoms with van der Waals surface area (Å²) in [5.41, 5.74) is -3.43. The van der Waals surface area contributed by atoms with Crippen LogP contribution in [0.3, 0.4) is 0 Å². The number of sulfonamides is 1. The second kappa shape index (κ2) is 5.10. The van der Waals surface area contributed by atoms with Gasteiger partial charge in [0.25, 0.3) is 5.54 Å². The summed E-state index contributed by atoms with van der Waals surface area (Å²) in [7, 11) is -3.56. The van der Waals surface area contributed by atoms with Crippen molar-refractivity contribution in [2.24, 2.45) is 0 Å². The molecule has 108 valence electrons. The summed E-state index contributed by atoms with van der Waals surface area (Å²) >= 11 is 0.593. The summed E-state index contributed by atoms with van der Waals surface area (Å²) < 4.78 is 67.7.